The molecule has 5 aliphatic carbocycles. The van der Waals surface area contributed by atoms with Gasteiger partial charge in [0.25, 0.3) is 0 Å². The number of fused-ring (bicyclic) bond motifs is 8. The van der Waals surface area contributed by atoms with E-state index in [9.17, 15) is 38.4 Å². The lowest BCUT2D eigenvalue weighted by Gasteiger charge is -2.27. The summed E-state index contributed by atoms with van der Waals surface area (Å²) >= 11 is 11.2. The van der Waals surface area contributed by atoms with E-state index < -0.39 is 53.3 Å². The average molecular weight is 1580 g/mol. The lowest BCUT2D eigenvalue weighted by atomic mass is 9.82. The first-order valence-corrected chi connectivity index (χ1v) is 38.3. The smallest absolute Gasteiger partial charge is 0.340 e. The number of hydrogen-bond acceptors (Lipinski definition) is 21. The predicted molar refractivity (Wildman–Crippen MR) is 421 cm³/mol. The van der Waals surface area contributed by atoms with Crippen LogP contribution >= 0.6 is 23.2 Å². The van der Waals surface area contributed by atoms with Crippen molar-refractivity contribution in [2.24, 2.45) is 35.5 Å². The molecule has 0 amide bonds. The summed E-state index contributed by atoms with van der Waals surface area (Å²) in [5.74, 6) is -1.26. The quantitative estimate of drug-likeness (QED) is 0.0619. The summed E-state index contributed by atoms with van der Waals surface area (Å²) < 4.78 is 73.1. The van der Waals surface area contributed by atoms with Crippen LogP contribution in [-0.2, 0) is 90.5 Å². The van der Waals surface area contributed by atoms with E-state index in [1.807, 2.05) is 123 Å². The van der Waals surface area contributed by atoms with E-state index in [4.69, 9.17) is 84.8 Å². The number of carbonyl (C=O) groups is 8. The lowest BCUT2D eigenvalue weighted by molar-refractivity contribution is -0.150. The fraction of sp³-hybridized carbons (Fsp3) is 0.438. The van der Waals surface area contributed by atoms with Crippen LogP contribution < -0.4 is 9.47 Å². The van der Waals surface area contributed by atoms with Crippen LogP contribution in [0.4, 0.5) is 0 Å². The van der Waals surface area contributed by atoms with Crippen molar-refractivity contribution in [2.45, 2.75) is 199 Å². The van der Waals surface area contributed by atoms with Gasteiger partial charge in [-0.1, -0.05) is 123 Å². The minimum atomic E-state index is -1.29. The molecule has 0 radical (unpaired) electrons. The summed E-state index contributed by atoms with van der Waals surface area (Å²) in [7, 11) is 3.17. The van der Waals surface area contributed by atoms with Gasteiger partial charge in [0.2, 0.25) is 4.84 Å². The van der Waals surface area contributed by atoms with Gasteiger partial charge in [-0.05, 0) is 173 Å². The molecule has 4 fully saturated rings. The van der Waals surface area contributed by atoms with E-state index in [2.05, 4.69) is 52.6 Å². The molecule has 596 valence electrons. The molecule has 3 saturated heterocycles. The Hall–Kier alpha value is -10.1. The maximum absolute atomic E-state index is 12.9. The van der Waals surface area contributed by atoms with Gasteiger partial charge in [-0.3, -0.25) is 4.79 Å². The molecule has 0 spiro atoms. The van der Waals surface area contributed by atoms with E-state index in [1.54, 1.807) is 20.3 Å². The number of hydrogen-bond donors (Lipinski definition) is 0. The summed E-state index contributed by atoms with van der Waals surface area (Å²) in [6, 6.07) is 3.72. The van der Waals surface area contributed by atoms with Crippen molar-refractivity contribution in [1.82, 2.24) is 0 Å². The zero-order valence-corrected chi connectivity index (χ0v) is 67.0. The third kappa shape index (κ3) is 20.4. The van der Waals surface area contributed by atoms with Gasteiger partial charge in [0.1, 0.15) is 84.4 Å². The summed E-state index contributed by atoms with van der Waals surface area (Å²) in [6.45, 7) is 49.5. The Morgan fingerprint density at radius 3 is 1.24 bits per heavy atom. The van der Waals surface area contributed by atoms with Crippen LogP contribution in [0.5, 0.6) is 11.5 Å². The topological polar surface area (TPSA) is 257 Å². The number of ether oxygens (including phenoxy) is 13. The minimum Gasteiger partial charge on any atom is -0.493 e. The van der Waals surface area contributed by atoms with Gasteiger partial charge >= 0.3 is 47.8 Å². The molecular formula is C89H100Cl2O21. The number of alkyl halides is 2. The molecular weight excluding hydrogens is 1480 g/mol. The maximum atomic E-state index is 12.9. The van der Waals surface area contributed by atoms with E-state index in [0.717, 1.165) is 50.1 Å². The summed E-state index contributed by atoms with van der Waals surface area (Å²) in [6.07, 6.45) is 20.1. The largest absolute Gasteiger partial charge is 0.493 e. The molecule has 0 N–H and O–H groups in total. The molecule has 7 heterocycles. The molecule has 16 atom stereocenters. The van der Waals surface area contributed by atoms with Crippen LogP contribution in [0.15, 0.2) is 221 Å². The molecule has 7 aliphatic heterocycles. The van der Waals surface area contributed by atoms with Crippen LogP contribution in [0.1, 0.15) is 131 Å². The van der Waals surface area contributed by atoms with Crippen molar-refractivity contribution in [3.8, 4) is 11.5 Å². The molecule has 21 nitrogen and oxygen atoms in total. The van der Waals surface area contributed by atoms with Crippen LogP contribution in [-0.4, -0.2) is 134 Å². The summed E-state index contributed by atoms with van der Waals surface area (Å²) in [5, 5.41) is 0. The molecule has 23 heteroatoms. The number of rotatable bonds is 12. The molecule has 12 aliphatic rings. The molecule has 1 aromatic carbocycles. The standard InChI is InChI=1S/C29H32O6.C21H26O5.C21H24O5.C18H18Cl2O5/c1-16-9-23-15-22(29(31)34-23)14-21-12-17(2)19(4)27(21)24(10-16)35-26(30)8-7-20-11-18(3)28(33-6)25(13-20)32-5;2*1-11(2)6-19(22)26-17-8-12(3)7-16-9-15(21(23)25-16)10-18-20(17)13(4)14(5)24-18;1-8-4-12-6-11(17(21)24-12)7-14-15(9(2)10(3)23-14)13(5-8)25-18(22)16(19)20/h7-8,10-11,13,15,21,23-24,27H,2,4,9,12,14H2,1,3,5-6H3;8-9,11,16-18,20H,4-7,10H2,1-3H3;6,8-9,16-18,20H,4-5,7,10H2,1-3H3;5-6,12-16H,2-4,7H2,1H3/b8-7+,16-10+;2*12-8+;8-5+/t21?,23-,24-,27-;2*16-,17-,18?,20+;12-,13-,14+,15+/m1111/s1. The molecule has 8 bridgehead atoms. The second-order valence-electron chi connectivity index (χ2n) is 30.9. The summed E-state index contributed by atoms with van der Waals surface area (Å²) in [5.41, 5.74) is 12.7. The zero-order valence-electron chi connectivity index (χ0n) is 65.5. The van der Waals surface area contributed by atoms with Gasteiger partial charge in [0.05, 0.1) is 32.0 Å². The fourth-order valence-electron chi connectivity index (χ4n) is 16.1. The number of benzene rings is 1. The molecule has 1 aromatic rings. The first-order valence-electron chi connectivity index (χ1n) is 37.5. The van der Waals surface area contributed by atoms with Crippen molar-refractivity contribution in [1.29, 1.82) is 0 Å². The third-order valence-corrected chi connectivity index (χ3v) is 21.6. The highest BCUT2D eigenvalue weighted by molar-refractivity contribution is 6.52. The number of carbonyl (C=O) groups excluding carboxylic acids is 8. The van der Waals surface area contributed by atoms with Crippen LogP contribution in [0.3, 0.4) is 0 Å². The van der Waals surface area contributed by atoms with Crippen LogP contribution in [0.2, 0.25) is 0 Å². The number of allylic oxidation sites excluding steroid dienone is 5. The van der Waals surface area contributed by atoms with E-state index in [-0.39, 0.29) is 102 Å². The van der Waals surface area contributed by atoms with Crippen molar-refractivity contribution < 1.29 is 99.9 Å². The number of aryl methyl sites for hydroxylation is 1. The highest BCUT2D eigenvalue weighted by atomic mass is 35.5. The van der Waals surface area contributed by atoms with E-state index in [1.165, 1.54) is 12.2 Å². The minimum absolute atomic E-state index is 0.0602. The predicted octanol–water partition coefficient (Wildman–Crippen LogP) is 15.8. The fourth-order valence-corrected chi connectivity index (χ4v) is 16.2. The third-order valence-electron chi connectivity index (χ3n) is 21.2. The van der Waals surface area contributed by atoms with Crippen molar-refractivity contribution in [2.75, 3.05) is 14.2 Å². The van der Waals surface area contributed by atoms with Gasteiger partial charge < -0.3 is 61.6 Å². The molecule has 1 saturated carbocycles. The average Bonchev–Trinajstić information content (AvgIpc) is 1.66. The van der Waals surface area contributed by atoms with Crippen molar-refractivity contribution >= 4 is 77.0 Å². The van der Waals surface area contributed by atoms with Gasteiger partial charge in [0.15, 0.2) is 11.5 Å². The molecule has 0 aromatic heterocycles. The molecule has 112 heavy (non-hydrogen) atoms. The Bertz CT molecular complexity index is 4450. The highest BCUT2D eigenvalue weighted by Crippen LogP contribution is 2.49. The Labute approximate surface area is 665 Å². The number of methoxy groups -OCH3 is 2. The number of halogens is 2. The first kappa shape index (κ1) is 84.3. The Morgan fingerprint density at radius 2 is 0.857 bits per heavy atom. The lowest BCUT2D eigenvalue weighted by Crippen LogP contribution is -2.34. The second-order valence-corrected chi connectivity index (χ2v) is 32.0. The van der Waals surface area contributed by atoms with Gasteiger partial charge in [-0.2, -0.15) is 0 Å². The second kappa shape index (κ2) is 36.1. The van der Waals surface area contributed by atoms with E-state index in [0.29, 0.717) is 132 Å². The first-order chi connectivity index (χ1) is 52.9. The van der Waals surface area contributed by atoms with Crippen LogP contribution in [0, 0.1) is 42.4 Å². The SMILES string of the molecule is C=C1CC2CC3=C[C@@H](C/C(C)=C/[C@@H](OC(=O)/C=C/c4cc(C)c(OC)c(OC)c4)[C@@H]2C1=C)OC3=O.C=C1OC2CC3=C[C@@H](C/C(C)=C/[C@@H](OC(=O)C=C(C)C)[C@@H]2C1=C)OC3=O.C=C1OC2CC3=C[C@@H](C/C(C)=C/[C@@H](OC(=O)CC(C)C)[C@@H]2C1=C)OC3=O.C=C1O[C@H]2CC3=C[C@@H](C/C(C)=C/[C@@H](OC(=O)C(Cl)Cl)[C@@H]2C1=C)OC3=O. The Kier molecular flexibility index (Phi) is 27.2. The summed E-state index contributed by atoms with van der Waals surface area (Å²) in [4.78, 5) is 96.8. The zero-order chi connectivity index (χ0) is 81.6. The molecule has 3 unspecified atom stereocenters. The number of esters is 8. The van der Waals surface area contributed by atoms with E-state index >= 15 is 0 Å². The van der Waals surface area contributed by atoms with Gasteiger partial charge in [0, 0.05) is 91.7 Å². The van der Waals surface area contributed by atoms with Crippen LogP contribution in [0.25, 0.3) is 6.08 Å². The van der Waals surface area contributed by atoms with Crippen molar-refractivity contribution in [3.05, 3.63) is 232 Å². The monoisotopic (exact) mass is 1570 g/mol. The maximum Gasteiger partial charge on any atom is 0.340 e. The Balaban J connectivity index is 0.000000160. The van der Waals surface area contributed by atoms with Gasteiger partial charge in [-0.15, -0.1) is 0 Å². The highest BCUT2D eigenvalue weighted by Gasteiger charge is 2.49. The normalized spacial score (nSPS) is 31.4. The Morgan fingerprint density at radius 1 is 0.473 bits per heavy atom. The van der Waals surface area contributed by atoms with Crippen molar-refractivity contribution in [3.63, 3.8) is 0 Å². The molecule has 13 rings (SSSR count). The van der Waals surface area contributed by atoms with Gasteiger partial charge in [-0.25, -0.2) is 33.6 Å².